The minimum absolute atomic E-state index is 0.444. The lowest BCUT2D eigenvalue weighted by atomic mass is 9.99. The lowest BCUT2D eigenvalue weighted by molar-refractivity contribution is 1.14. The molecule has 0 aliphatic heterocycles. The molecular formula is C32H28Si. The van der Waals surface area contributed by atoms with Gasteiger partial charge in [0.05, 0.1) is 8.07 Å². The fraction of sp³-hybridized carbons (Fsp3) is 0.125. The molecule has 0 amide bonds. The predicted octanol–water partition coefficient (Wildman–Crippen LogP) is 8.17. The summed E-state index contributed by atoms with van der Waals surface area (Å²) in [6.45, 7) is 5.20. The second-order valence-electron chi connectivity index (χ2n) is 9.80. The molecule has 0 radical (unpaired) electrons. The summed E-state index contributed by atoms with van der Waals surface area (Å²) in [6, 6.07) is 40.2. The van der Waals surface area contributed by atoms with Crippen molar-refractivity contribution in [2.75, 3.05) is 0 Å². The molecule has 4 aromatic rings. The van der Waals surface area contributed by atoms with Crippen molar-refractivity contribution in [1.82, 2.24) is 0 Å². The molecule has 2 aliphatic rings. The van der Waals surface area contributed by atoms with Gasteiger partial charge in [-0.1, -0.05) is 134 Å². The fourth-order valence-electron chi connectivity index (χ4n) is 6.00. The SMILES string of the molecule is C[Si](C)(C1=C(c2ccccc2)c2ccccc2C1)C1C(c2ccccc2)=Cc2ccccc21. The Bertz CT molecular complexity index is 1390. The van der Waals surface area contributed by atoms with Gasteiger partial charge in [0, 0.05) is 5.54 Å². The first kappa shape index (κ1) is 20.2. The zero-order chi connectivity index (χ0) is 22.4. The van der Waals surface area contributed by atoms with E-state index in [1.165, 1.54) is 44.5 Å². The number of allylic oxidation sites excluding steroid dienone is 2. The highest BCUT2D eigenvalue weighted by Gasteiger charge is 2.45. The van der Waals surface area contributed by atoms with Crippen LogP contribution < -0.4 is 0 Å². The summed E-state index contributed by atoms with van der Waals surface area (Å²) in [4.78, 5) is 0. The van der Waals surface area contributed by atoms with Crippen LogP contribution in [0, 0.1) is 0 Å². The van der Waals surface area contributed by atoms with Gasteiger partial charge in [-0.3, -0.25) is 0 Å². The van der Waals surface area contributed by atoms with Gasteiger partial charge in [-0.25, -0.2) is 0 Å². The average molecular weight is 441 g/mol. The molecule has 0 heterocycles. The summed E-state index contributed by atoms with van der Waals surface area (Å²) in [5.74, 6) is 0. The summed E-state index contributed by atoms with van der Waals surface area (Å²) in [5.41, 5.74) is 11.9. The van der Waals surface area contributed by atoms with Crippen molar-refractivity contribution in [1.29, 1.82) is 0 Å². The van der Waals surface area contributed by atoms with Crippen LogP contribution in [-0.2, 0) is 6.42 Å². The van der Waals surface area contributed by atoms with Crippen molar-refractivity contribution in [2.45, 2.75) is 25.1 Å². The van der Waals surface area contributed by atoms with Crippen LogP contribution in [0.1, 0.15) is 38.9 Å². The van der Waals surface area contributed by atoms with Crippen LogP contribution in [0.25, 0.3) is 17.2 Å². The summed E-state index contributed by atoms with van der Waals surface area (Å²) in [5, 5.41) is 1.68. The summed E-state index contributed by atoms with van der Waals surface area (Å²) in [7, 11) is -1.97. The van der Waals surface area contributed by atoms with Crippen LogP contribution in [0.5, 0.6) is 0 Å². The van der Waals surface area contributed by atoms with E-state index in [9.17, 15) is 0 Å². The molecule has 0 nitrogen and oxygen atoms in total. The highest BCUT2D eigenvalue weighted by Crippen LogP contribution is 2.52. The minimum Gasteiger partial charge on any atom is -0.0673 e. The Kier molecular flexibility index (Phi) is 4.81. The Morgan fingerprint density at radius 2 is 1.24 bits per heavy atom. The number of hydrogen-bond donors (Lipinski definition) is 0. The average Bonchev–Trinajstić information content (AvgIpc) is 3.45. The second kappa shape index (κ2) is 7.86. The van der Waals surface area contributed by atoms with Gasteiger partial charge >= 0.3 is 0 Å². The van der Waals surface area contributed by atoms with E-state index in [4.69, 9.17) is 0 Å². The van der Waals surface area contributed by atoms with E-state index in [2.05, 4.69) is 128 Å². The third-order valence-electron chi connectivity index (χ3n) is 7.55. The Morgan fingerprint density at radius 1 is 0.636 bits per heavy atom. The lowest BCUT2D eigenvalue weighted by Gasteiger charge is -2.35. The highest BCUT2D eigenvalue weighted by molar-refractivity contribution is 6.88. The van der Waals surface area contributed by atoms with Gasteiger partial charge in [-0.2, -0.15) is 0 Å². The van der Waals surface area contributed by atoms with E-state index in [-0.39, 0.29) is 0 Å². The van der Waals surface area contributed by atoms with Crippen molar-refractivity contribution in [3.8, 4) is 0 Å². The third-order valence-corrected chi connectivity index (χ3v) is 11.6. The molecular weight excluding hydrogens is 412 g/mol. The molecule has 0 saturated carbocycles. The highest BCUT2D eigenvalue weighted by atomic mass is 28.3. The predicted molar refractivity (Wildman–Crippen MR) is 144 cm³/mol. The molecule has 1 heteroatoms. The summed E-state index contributed by atoms with van der Waals surface area (Å²) in [6.07, 6.45) is 3.52. The standard InChI is InChI=1S/C32H28Si/c1-33(2,30-22-26-18-9-11-19-27(26)31(30)24-15-7-4-8-16-24)32-28-20-12-10-17-25(28)21-29(32)23-13-5-3-6-14-23/h3-21,32H,22H2,1-2H3. The summed E-state index contributed by atoms with van der Waals surface area (Å²) < 4.78 is 0. The monoisotopic (exact) mass is 440 g/mol. The van der Waals surface area contributed by atoms with Gasteiger partial charge in [-0.15, -0.1) is 0 Å². The Morgan fingerprint density at radius 3 is 2.00 bits per heavy atom. The molecule has 33 heavy (non-hydrogen) atoms. The quantitative estimate of drug-likeness (QED) is 0.281. The van der Waals surface area contributed by atoms with Crippen molar-refractivity contribution in [3.05, 3.63) is 148 Å². The maximum atomic E-state index is 2.60. The van der Waals surface area contributed by atoms with Crippen LogP contribution in [0.15, 0.2) is 114 Å². The molecule has 0 spiro atoms. The van der Waals surface area contributed by atoms with Crippen LogP contribution >= 0.6 is 0 Å². The van der Waals surface area contributed by atoms with Gasteiger partial charge in [0.25, 0.3) is 0 Å². The normalized spacial score (nSPS) is 17.0. The van der Waals surface area contributed by atoms with E-state index in [1.807, 2.05) is 0 Å². The van der Waals surface area contributed by atoms with Crippen molar-refractivity contribution in [3.63, 3.8) is 0 Å². The molecule has 2 aliphatic carbocycles. The Balaban J connectivity index is 1.57. The first-order valence-electron chi connectivity index (χ1n) is 11.9. The number of rotatable bonds is 4. The molecule has 1 unspecified atom stereocenters. The van der Waals surface area contributed by atoms with Gasteiger partial charge in [0.1, 0.15) is 0 Å². The van der Waals surface area contributed by atoms with E-state index in [0.29, 0.717) is 5.54 Å². The van der Waals surface area contributed by atoms with Crippen molar-refractivity contribution < 1.29 is 0 Å². The maximum absolute atomic E-state index is 2.60. The van der Waals surface area contributed by atoms with Gasteiger partial charge in [0.2, 0.25) is 0 Å². The Labute approximate surface area is 198 Å². The topological polar surface area (TPSA) is 0 Å². The molecule has 1 atom stereocenters. The Hall–Kier alpha value is -3.42. The molecule has 0 saturated heterocycles. The van der Waals surface area contributed by atoms with Gasteiger partial charge in [0.15, 0.2) is 0 Å². The van der Waals surface area contributed by atoms with E-state index >= 15 is 0 Å². The number of fused-ring (bicyclic) bond motifs is 2. The molecule has 0 bridgehead atoms. The molecule has 6 rings (SSSR count). The van der Waals surface area contributed by atoms with Crippen LogP contribution in [0.4, 0.5) is 0 Å². The lowest BCUT2D eigenvalue weighted by Crippen LogP contribution is -2.38. The van der Waals surface area contributed by atoms with Crippen molar-refractivity contribution >= 4 is 25.3 Å². The molecule has 0 aromatic heterocycles. The van der Waals surface area contributed by atoms with Crippen LogP contribution in [0.3, 0.4) is 0 Å². The van der Waals surface area contributed by atoms with Gasteiger partial charge < -0.3 is 0 Å². The van der Waals surface area contributed by atoms with Crippen LogP contribution in [-0.4, -0.2) is 8.07 Å². The molecule has 4 aromatic carbocycles. The first-order chi connectivity index (χ1) is 16.1. The van der Waals surface area contributed by atoms with E-state index in [0.717, 1.165) is 6.42 Å². The maximum Gasteiger partial charge on any atom is 0.0889 e. The fourth-order valence-corrected chi connectivity index (χ4v) is 9.99. The van der Waals surface area contributed by atoms with E-state index in [1.54, 1.807) is 5.20 Å². The molecule has 160 valence electrons. The minimum atomic E-state index is -1.97. The zero-order valence-corrected chi connectivity index (χ0v) is 20.3. The van der Waals surface area contributed by atoms with Crippen molar-refractivity contribution in [2.24, 2.45) is 0 Å². The summed E-state index contributed by atoms with van der Waals surface area (Å²) >= 11 is 0. The third kappa shape index (κ3) is 3.27. The first-order valence-corrected chi connectivity index (χ1v) is 15.0. The van der Waals surface area contributed by atoms with E-state index < -0.39 is 8.07 Å². The molecule has 0 fully saturated rings. The van der Waals surface area contributed by atoms with Gasteiger partial charge in [-0.05, 0) is 50.9 Å². The largest absolute Gasteiger partial charge is 0.0889 e. The second-order valence-corrected chi connectivity index (χ2v) is 14.4. The zero-order valence-electron chi connectivity index (χ0n) is 19.3. The molecule has 0 N–H and O–H groups in total. The smallest absolute Gasteiger partial charge is 0.0673 e. The van der Waals surface area contributed by atoms with Crippen LogP contribution in [0.2, 0.25) is 13.1 Å². The number of hydrogen-bond acceptors (Lipinski definition) is 0. The number of benzene rings is 4.